The van der Waals surface area contributed by atoms with Crippen LogP contribution in [0.25, 0.3) is 10.9 Å². The largest absolute Gasteiger partial charge is 0.505 e. The molecule has 1 aliphatic rings. The molecule has 152 valence electrons. The van der Waals surface area contributed by atoms with Crippen LogP contribution in [0, 0.1) is 5.82 Å². The Balaban J connectivity index is 1.85. The van der Waals surface area contributed by atoms with Gasteiger partial charge >= 0.3 is 5.97 Å². The number of hydrogen-bond acceptors (Lipinski definition) is 7. The number of halogens is 1. The molecule has 0 atom stereocenters. The number of aromatic hydroxyl groups is 1. The van der Waals surface area contributed by atoms with Gasteiger partial charge in [-0.1, -0.05) is 12.1 Å². The normalized spacial score (nSPS) is 13.1. The highest BCUT2D eigenvalue weighted by Crippen LogP contribution is 2.44. The fraction of sp³-hybridized carbons (Fsp3) is 0.143. The van der Waals surface area contributed by atoms with Crippen LogP contribution in [0.2, 0.25) is 0 Å². The van der Waals surface area contributed by atoms with Crippen molar-refractivity contribution >= 4 is 28.7 Å². The van der Waals surface area contributed by atoms with E-state index >= 15 is 0 Å². The maximum absolute atomic E-state index is 13.2. The first-order chi connectivity index (χ1) is 14.4. The number of fused-ring (bicyclic) bond motifs is 2. The minimum atomic E-state index is -0.784. The van der Waals surface area contributed by atoms with Crippen LogP contribution in [0.15, 0.2) is 42.6 Å². The Morgan fingerprint density at radius 2 is 1.83 bits per heavy atom. The molecule has 2 heterocycles. The number of aromatic nitrogens is 1. The lowest BCUT2D eigenvalue weighted by molar-refractivity contribution is -0.138. The van der Waals surface area contributed by atoms with Gasteiger partial charge in [-0.05, 0) is 29.8 Å². The number of carbonyl (C=O) groups is 3. The van der Waals surface area contributed by atoms with E-state index in [2.05, 4.69) is 4.98 Å². The van der Waals surface area contributed by atoms with Crippen molar-refractivity contribution in [1.82, 2.24) is 9.88 Å². The Labute approximate surface area is 169 Å². The number of phenolic OH excluding ortho intramolecular Hbond substituents is 1. The summed E-state index contributed by atoms with van der Waals surface area (Å²) in [4.78, 5) is 43.1. The van der Waals surface area contributed by atoms with E-state index in [1.54, 1.807) is 6.07 Å². The molecule has 4 rings (SSSR count). The standard InChI is InChI=1S/C21H15FN2O6/c1-29-10-14(25)30-19-13-3-2-8-23-17(13)18(26)15-16(19)21(28)24(20(15)27)9-11-4-6-12(22)7-5-11/h2-8,26H,9-10H2,1H3. The topological polar surface area (TPSA) is 106 Å². The fourth-order valence-corrected chi connectivity index (χ4v) is 3.32. The molecule has 0 radical (unpaired) electrons. The summed E-state index contributed by atoms with van der Waals surface area (Å²) < 4.78 is 23.3. The zero-order valence-electron chi connectivity index (χ0n) is 15.7. The number of amides is 2. The Kier molecular flexibility index (Phi) is 4.88. The van der Waals surface area contributed by atoms with Crippen LogP contribution in [-0.2, 0) is 16.1 Å². The van der Waals surface area contributed by atoms with Crippen LogP contribution in [0.3, 0.4) is 0 Å². The van der Waals surface area contributed by atoms with Gasteiger partial charge in [0.1, 0.15) is 29.1 Å². The maximum Gasteiger partial charge on any atom is 0.337 e. The Bertz CT molecular complexity index is 1190. The molecule has 1 aliphatic heterocycles. The lowest BCUT2D eigenvalue weighted by Crippen LogP contribution is -2.29. The van der Waals surface area contributed by atoms with Crippen molar-refractivity contribution in [3.63, 3.8) is 0 Å². The number of nitrogens with zero attached hydrogens (tertiary/aromatic N) is 2. The third kappa shape index (κ3) is 3.15. The summed E-state index contributed by atoms with van der Waals surface area (Å²) in [6, 6.07) is 8.35. The van der Waals surface area contributed by atoms with Gasteiger partial charge in [0, 0.05) is 18.7 Å². The van der Waals surface area contributed by atoms with Crippen molar-refractivity contribution in [2.45, 2.75) is 6.54 Å². The quantitative estimate of drug-likeness (QED) is 0.391. The number of esters is 1. The first-order valence-electron chi connectivity index (χ1n) is 8.86. The van der Waals surface area contributed by atoms with Crippen molar-refractivity contribution in [3.05, 3.63) is 65.1 Å². The Hall–Kier alpha value is -3.85. The molecular formula is C21H15FN2O6. The van der Waals surface area contributed by atoms with Crippen molar-refractivity contribution in [1.29, 1.82) is 0 Å². The van der Waals surface area contributed by atoms with Gasteiger partial charge in [0.15, 0.2) is 11.5 Å². The van der Waals surface area contributed by atoms with Gasteiger partial charge in [-0.2, -0.15) is 0 Å². The number of pyridine rings is 1. The van der Waals surface area contributed by atoms with Gasteiger partial charge in [0.25, 0.3) is 11.8 Å². The molecule has 0 saturated carbocycles. The second kappa shape index (κ2) is 7.53. The third-order valence-corrected chi connectivity index (χ3v) is 4.64. The molecule has 0 bridgehead atoms. The molecule has 2 aromatic carbocycles. The van der Waals surface area contributed by atoms with E-state index in [-0.39, 0.29) is 40.9 Å². The smallest absolute Gasteiger partial charge is 0.337 e. The van der Waals surface area contributed by atoms with Gasteiger partial charge in [-0.25, -0.2) is 9.18 Å². The van der Waals surface area contributed by atoms with Gasteiger partial charge in [-0.15, -0.1) is 0 Å². The molecule has 0 spiro atoms. The van der Waals surface area contributed by atoms with Crippen LogP contribution < -0.4 is 4.74 Å². The Morgan fingerprint density at radius 1 is 1.13 bits per heavy atom. The van der Waals surface area contributed by atoms with E-state index in [1.807, 2.05) is 0 Å². The van der Waals surface area contributed by atoms with Gasteiger partial charge in [0.05, 0.1) is 6.54 Å². The summed E-state index contributed by atoms with van der Waals surface area (Å²) in [5.41, 5.74) is -0.00894. The second-order valence-electron chi connectivity index (χ2n) is 6.56. The van der Waals surface area contributed by atoms with Gasteiger partial charge in [0.2, 0.25) is 0 Å². The van der Waals surface area contributed by atoms with Crippen LogP contribution in [-0.4, -0.2) is 46.5 Å². The second-order valence-corrected chi connectivity index (χ2v) is 6.56. The lowest BCUT2D eigenvalue weighted by Gasteiger charge is -2.14. The van der Waals surface area contributed by atoms with Crippen molar-refractivity contribution in [2.24, 2.45) is 0 Å². The van der Waals surface area contributed by atoms with E-state index in [0.29, 0.717) is 5.56 Å². The molecule has 0 fully saturated rings. The van der Waals surface area contributed by atoms with E-state index < -0.39 is 29.4 Å². The van der Waals surface area contributed by atoms with Gasteiger partial charge < -0.3 is 14.6 Å². The van der Waals surface area contributed by atoms with Crippen LogP contribution in [0.1, 0.15) is 26.3 Å². The van der Waals surface area contributed by atoms with E-state index in [0.717, 1.165) is 4.90 Å². The SMILES string of the molecule is COCC(=O)Oc1c2c(c(O)c3ncccc13)C(=O)N(Cc1ccc(F)cc1)C2=O. The number of benzene rings is 2. The molecule has 0 unspecified atom stereocenters. The van der Waals surface area contributed by atoms with Crippen molar-refractivity contribution < 1.29 is 33.4 Å². The summed E-state index contributed by atoms with van der Waals surface area (Å²) >= 11 is 0. The molecule has 1 aromatic heterocycles. The zero-order chi connectivity index (χ0) is 21.4. The third-order valence-electron chi connectivity index (χ3n) is 4.64. The summed E-state index contributed by atoms with van der Waals surface area (Å²) in [5, 5.41) is 10.9. The lowest BCUT2D eigenvalue weighted by atomic mass is 10.0. The average molecular weight is 410 g/mol. The number of ether oxygens (including phenoxy) is 2. The molecule has 3 aromatic rings. The number of carbonyl (C=O) groups excluding carboxylic acids is 3. The molecule has 9 heteroatoms. The highest BCUT2D eigenvalue weighted by molar-refractivity contribution is 6.27. The summed E-state index contributed by atoms with van der Waals surface area (Å²) in [6.07, 6.45) is 1.40. The number of rotatable bonds is 5. The van der Waals surface area contributed by atoms with Crippen molar-refractivity contribution in [2.75, 3.05) is 13.7 Å². The summed E-state index contributed by atoms with van der Waals surface area (Å²) in [5.74, 6) is -3.41. The highest BCUT2D eigenvalue weighted by atomic mass is 19.1. The predicted molar refractivity (Wildman–Crippen MR) is 102 cm³/mol. The zero-order valence-corrected chi connectivity index (χ0v) is 15.7. The summed E-state index contributed by atoms with van der Waals surface area (Å²) in [6.45, 7) is -0.528. The number of phenols is 1. The van der Waals surface area contributed by atoms with Crippen LogP contribution in [0.4, 0.5) is 4.39 Å². The first-order valence-corrected chi connectivity index (χ1v) is 8.86. The molecule has 1 N–H and O–H groups in total. The highest BCUT2D eigenvalue weighted by Gasteiger charge is 2.43. The number of methoxy groups -OCH3 is 1. The first kappa shape index (κ1) is 19.5. The Morgan fingerprint density at radius 3 is 2.53 bits per heavy atom. The maximum atomic E-state index is 13.2. The average Bonchev–Trinajstić information content (AvgIpc) is 2.98. The molecule has 30 heavy (non-hydrogen) atoms. The van der Waals surface area contributed by atoms with E-state index in [4.69, 9.17) is 9.47 Å². The van der Waals surface area contributed by atoms with Gasteiger partial charge in [-0.3, -0.25) is 19.5 Å². The number of imide groups is 1. The molecule has 2 amide bonds. The summed E-state index contributed by atoms with van der Waals surface area (Å²) in [7, 11) is 1.31. The van der Waals surface area contributed by atoms with Crippen LogP contribution >= 0.6 is 0 Å². The minimum Gasteiger partial charge on any atom is -0.505 e. The molecular weight excluding hydrogens is 395 g/mol. The molecule has 0 saturated heterocycles. The molecule has 8 nitrogen and oxygen atoms in total. The fourth-order valence-electron chi connectivity index (χ4n) is 3.32. The van der Waals surface area contributed by atoms with E-state index in [9.17, 15) is 23.9 Å². The van der Waals surface area contributed by atoms with Crippen molar-refractivity contribution in [3.8, 4) is 11.5 Å². The number of hydrogen-bond donors (Lipinski definition) is 1. The van der Waals surface area contributed by atoms with E-state index in [1.165, 1.54) is 43.6 Å². The predicted octanol–water partition coefficient (Wildman–Crippen LogP) is 2.43. The monoisotopic (exact) mass is 410 g/mol. The van der Waals surface area contributed by atoms with Crippen LogP contribution in [0.5, 0.6) is 11.5 Å². The minimum absolute atomic E-state index is 0.0150. The molecule has 0 aliphatic carbocycles.